The van der Waals surface area contributed by atoms with Gasteiger partial charge in [0.05, 0.1) is 0 Å². The average Bonchev–Trinajstić information content (AvgIpc) is 2.78. The molecule has 0 N–H and O–H groups in total. The number of aryl methyl sites for hydroxylation is 1. The lowest BCUT2D eigenvalue weighted by atomic mass is 10.1. The maximum atomic E-state index is 12.7. The van der Waals surface area contributed by atoms with Crippen LogP contribution in [0.25, 0.3) is 6.08 Å². The van der Waals surface area contributed by atoms with E-state index in [-0.39, 0.29) is 11.9 Å². The molecule has 6 heteroatoms. The first-order chi connectivity index (χ1) is 15.1. The molecular weight excluding hydrogens is 388 g/mol. The van der Waals surface area contributed by atoms with Crippen LogP contribution < -0.4 is 9.64 Å². The maximum Gasteiger partial charge on any atom is 0.246 e. The van der Waals surface area contributed by atoms with Crippen LogP contribution in [-0.4, -0.2) is 46.5 Å². The first kappa shape index (κ1) is 20.6. The molecule has 1 aliphatic rings. The molecule has 1 atom stereocenters. The number of aromatic nitrogens is 2. The summed E-state index contributed by atoms with van der Waals surface area (Å²) in [4.78, 5) is 25.4. The van der Waals surface area contributed by atoms with Crippen molar-refractivity contribution < 1.29 is 9.53 Å². The van der Waals surface area contributed by atoms with Crippen LogP contribution in [0.15, 0.2) is 73.1 Å². The number of carbonyl (C=O) groups excluding carboxylic acids is 1. The van der Waals surface area contributed by atoms with E-state index in [0.717, 1.165) is 22.7 Å². The van der Waals surface area contributed by atoms with Crippen molar-refractivity contribution in [3.05, 3.63) is 84.2 Å². The molecule has 3 aromatic rings. The van der Waals surface area contributed by atoms with E-state index in [1.165, 1.54) is 6.33 Å². The molecule has 2 aromatic carbocycles. The van der Waals surface area contributed by atoms with Crippen molar-refractivity contribution in [1.29, 1.82) is 0 Å². The molecule has 4 rings (SSSR count). The van der Waals surface area contributed by atoms with Crippen molar-refractivity contribution in [2.24, 2.45) is 0 Å². The van der Waals surface area contributed by atoms with Gasteiger partial charge in [-0.3, -0.25) is 4.79 Å². The first-order valence-corrected chi connectivity index (χ1v) is 10.4. The summed E-state index contributed by atoms with van der Waals surface area (Å²) in [5.74, 6) is 2.09. The fourth-order valence-electron chi connectivity index (χ4n) is 3.68. The molecule has 0 saturated carbocycles. The summed E-state index contributed by atoms with van der Waals surface area (Å²) in [5.41, 5.74) is 2.15. The Morgan fingerprint density at radius 3 is 2.68 bits per heavy atom. The molecule has 1 aliphatic heterocycles. The average molecular weight is 415 g/mol. The van der Waals surface area contributed by atoms with Crippen molar-refractivity contribution in [2.45, 2.75) is 19.9 Å². The molecule has 158 valence electrons. The highest BCUT2D eigenvalue weighted by Gasteiger charge is 2.27. The lowest BCUT2D eigenvalue weighted by molar-refractivity contribution is -0.128. The molecule has 0 bridgehead atoms. The van der Waals surface area contributed by atoms with Gasteiger partial charge in [-0.25, -0.2) is 9.97 Å². The number of ether oxygens (including phenoxy) is 1. The Hall–Kier alpha value is -3.67. The van der Waals surface area contributed by atoms with Crippen LogP contribution in [0.4, 0.5) is 5.82 Å². The quantitative estimate of drug-likeness (QED) is 0.582. The van der Waals surface area contributed by atoms with Gasteiger partial charge >= 0.3 is 0 Å². The number of hydrogen-bond donors (Lipinski definition) is 0. The van der Waals surface area contributed by atoms with Gasteiger partial charge in [-0.15, -0.1) is 0 Å². The lowest BCUT2D eigenvalue weighted by Gasteiger charge is -2.40. The van der Waals surface area contributed by atoms with E-state index in [9.17, 15) is 4.79 Å². The van der Waals surface area contributed by atoms with Crippen LogP contribution in [0.5, 0.6) is 11.6 Å². The molecule has 0 spiro atoms. The highest BCUT2D eigenvalue weighted by Crippen LogP contribution is 2.24. The lowest BCUT2D eigenvalue weighted by Crippen LogP contribution is -2.54. The second-order valence-corrected chi connectivity index (χ2v) is 7.70. The Bertz CT molecular complexity index is 1070. The minimum Gasteiger partial charge on any atom is -0.439 e. The third-order valence-electron chi connectivity index (χ3n) is 5.29. The molecule has 0 unspecified atom stereocenters. The van der Waals surface area contributed by atoms with Crippen molar-refractivity contribution in [2.75, 3.05) is 24.5 Å². The van der Waals surface area contributed by atoms with Crippen molar-refractivity contribution >= 4 is 17.8 Å². The van der Waals surface area contributed by atoms with Crippen LogP contribution in [0.1, 0.15) is 18.1 Å². The summed E-state index contributed by atoms with van der Waals surface area (Å²) >= 11 is 0. The predicted octanol–water partition coefficient (Wildman–Crippen LogP) is 4.33. The number of benzene rings is 2. The molecule has 1 saturated heterocycles. The van der Waals surface area contributed by atoms with E-state index < -0.39 is 0 Å². The number of anilines is 1. The summed E-state index contributed by atoms with van der Waals surface area (Å²) < 4.78 is 5.90. The second-order valence-electron chi connectivity index (χ2n) is 7.70. The first-order valence-electron chi connectivity index (χ1n) is 10.4. The van der Waals surface area contributed by atoms with Crippen LogP contribution in [0.2, 0.25) is 0 Å². The standard InChI is InChI=1S/C25H26N4O2/c1-19-7-6-10-22(15-19)31-24-16-23(26-18-27-24)28-13-14-29(20(2)17-28)25(30)12-11-21-8-4-3-5-9-21/h3-12,15-16,18,20H,13-14,17H2,1-2H3/b12-11+/t20-/m1/s1. The van der Waals surface area contributed by atoms with E-state index in [4.69, 9.17) is 4.74 Å². The summed E-state index contributed by atoms with van der Waals surface area (Å²) in [6.45, 7) is 6.13. The minimum absolute atomic E-state index is 0.0298. The van der Waals surface area contributed by atoms with Gasteiger partial charge in [0, 0.05) is 37.8 Å². The van der Waals surface area contributed by atoms with Crippen LogP contribution in [0, 0.1) is 6.92 Å². The third kappa shape index (κ3) is 5.28. The highest BCUT2D eigenvalue weighted by atomic mass is 16.5. The Balaban J connectivity index is 1.39. The van der Waals surface area contributed by atoms with Crippen molar-refractivity contribution in [3.63, 3.8) is 0 Å². The number of nitrogens with zero attached hydrogens (tertiary/aromatic N) is 4. The van der Waals surface area contributed by atoms with Gasteiger partial charge in [0.25, 0.3) is 0 Å². The van der Waals surface area contributed by atoms with Gasteiger partial charge in [0.15, 0.2) is 0 Å². The van der Waals surface area contributed by atoms with Crippen LogP contribution in [-0.2, 0) is 4.79 Å². The molecule has 6 nitrogen and oxygen atoms in total. The topological polar surface area (TPSA) is 58.6 Å². The molecule has 0 radical (unpaired) electrons. The number of carbonyl (C=O) groups is 1. The Kier molecular flexibility index (Phi) is 6.26. The number of piperazine rings is 1. The van der Waals surface area contributed by atoms with E-state index in [0.29, 0.717) is 25.5 Å². The second kappa shape index (κ2) is 9.43. The number of hydrogen-bond acceptors (Lipinski definition) is 5. The van der Waals surface area contributed by atoms with E-state index in [2.05, 4.69) is 21.8 Å². The largest absolute Gasteiger partial charge is 0.439 e. The van der Waals surface area contributed by atoms with Crippen molar-refractivity contribution in [3.8, 4) is 11.6 Å². The summed E-state index contributed by atoms with van der Waals surface area (Å²) in [5, 5.41) is 0. The normalized spacial score (nSPS) is 16.5. The molecule has 0 aliphatic carbocycles. The van der Waals surface area contributed by atoms with Gasteiger partial charge < -0.3 is 14.5 Å². The molecule has 2 heterocycles. The fourth-order valence-corrected chi connectivity index (χ4v) is 3.68. The summed E-state index contributed by atoms with van der Waals surface area (Å²) in [6, 6.07) is 19.6. The molecule has 31 heavy (non-hydrogen) atoms. The van der Waals surface area contributed by atoms with Crippen LogP contribution >= 0.6 is 0 Å². The van der Waals surface area contributed by atoms with Crippen LogP contribution in [0.3, 0.4) is 0 Å². The zero-order valence-electron chi connectivity index (χ0n) is 17.8. The predicted molar refractivity (Wildman–Crippen MR) is 122 cm³/mol. The van der Waals surface area contributed by atoms with Crippen molar-refractivity contribution in [1.82, 2.24) is 14.9 Å². The summed E-state index contributed by atoms with van der Waals surface area (Å²) in [7, 11) is 0. The van der Waals surface area contributed by atoms with E-state index >= 15 is 0 Å². The Morgan fingerprint density at radius 1 is 1.06 bits per heavy atom. The minimum atomic E-state index is 0.0298. The van der Waals surface area contributed by atoms with E-state index in [1.807, 2.05) is 78.6 Å². The smallest absolute Gasteiger partial charge is 0.246 e. The summed E-state index contributed by atoms with van der Waals surface area (Å²) in [6.07, 6.45) is 5.03. The number of rotatable bonds is 5. The number of amides is 1. The van der Waals surface area contributed by atoms with Gasteiger partial charge in [-0.2, -0.15) is 0 Å². The molecule has 1 aromatic heterocycles. The third-order valence-corrected chi connectivity index (χ3v) is 5.29. The maximum absolute atomic E-state index is 12.7. The Labute approximate surface area is 182 Å². The monoisotopic (exact) mass is 414 g/mol. The van der Waals surface area contributed by atoms with E-state index in [1.54, 1.807) is 6.08 Å². The Morgan fingerprint density at radius 2 is 1.90 bits per heavy atom. The van der Waals surface area contributed by atoms with Gasteiger partial charge in [0.2, 0.25) is 11.8 Å². The van der Waals surface area contributed by atoms with Gasteiger partial charge in [-0.1, -0.05) is 42.5 Å². The molecule has 1 fully saturated rings. The van der Waals surface area contributed by atoms with Gasteiger partial charge in [-0.05, 0) is 43.2 Å². The molecule has 1 amide bonds. The fraction of sp³-hybridized carbons (Fsp3) is 0.240. The molecular formula is C25H26N4O2. The zero-order valence-corrected chi connectivity index (χ0v) is 17.8. The SMILES string of the molecule is Cc1cccc(Oc2cc(N3CCN(C(=O)/C=C/c4ccccc4)[C@H](C)C3)ncn2)c1. The zero-order chi connectivity index (χ0) is 21.6. The highest BCUT2D eigenvalue weighted by molar-refractivity contribution is 5.92. The van der Waals surface area contributed by atoms with Gasteiger partial charge in [0.1, 0.15) is 17.9 Å².